The van der Waals surface area contributed by atoms with Gasteiger partial charge >= 0.3 is 0 Å². The minimum atomic E-state index is 0.865. The molecule has 0 aliphatic carbocycles. The molecule has 7 heteroatoms. The van der Waals surface area contributed by atoms with Crippen molar-refractivity contribution in [2.75, 3.05) is 0 Å². The molecule has 0 saturated heterocycles. The molecule has 0 N–H and O–H groups in total. The standard InChI is InChI=1S/C65H83NOS5/c1-7-13-18-23-30-46-39-52(45-67)68-62(46)57-42-48(32-25-20-15-9-3)64(70-57)59-44-50(34-27-22-17-11-5)65(72-59)60-43-49(33-26-21-16-10-4)63(71-60)58-41-47(31-24-19-14-8-2)61(69-58)51-37-38-56-54(40-51)53-35-28-29-36-55(53)66(56)12-6/h28-29,35-45H,7-27,30-34H2,1-6H3. The molecule has 384 valence electrons. The van der Waals surface area contributed by atoms with E-state index in [-0.39, 0.29) is 0 Å². The Bertz CT molecular complexity index is 2940. The molecule has 0 amide bonds. The van der Waals surface area contributed by atoms with E-state index >= 15 is 0 Å². The van der Waals surface area contributed by atoms with Crippen LogP contribution in [0.25, 0.3) is 71.3 Å². The topological polar surface area (TPSA) is 22.0 Å². The molecule has 2 aromatic carbocycles. The number of aryl methyl sites for hydroxylation is 6. The van der Waals surface area contributed by atoms with E-state index in [0.29, 0.717) is 0 Å². The summed E-state index contributed by atoms with van der Waals surface area (Å²) in [6.45, 7) is 14.8. The molecule has 8 aromatic rings. The summed E-state index contributed by atoms with van der Waals surface area (Å²) in [4.78, 5) is 26.1. The van der Waals surface area contributed by atoms with E-state index in [0.717, 1.165) is 49.8 Å². The molecular formula is C65H83NOS5. The average Bonchev–Trinajstić information content (AvgIpc) is 4.28. The minimum absolute atomic E-state index is 0.865. The number of rotatable bonds is 32. The molecule has 0 unspecified atom stereocenters. The quantitative estimate of drug-likeness (QED) is 0.0304. The van der Waals surface area contributed by atoms with Gasteiger partial charge in [0.2, 0.25) is 0 Å². The number of hydrogen-bond donors (Lipinski definition) is 0. The Hall–Kier alpha value is -3.59. The summed E-state index contributed by atoms with van der Waals surface area (Å²) in [6, 6.07) is 29.0. The van der Waals surface area contributed by atoms with Crippen molar-refractivity contribution >= 4 is 84.8 Å². The van der Waals surface area contributed by atoms with Crippen molar-refractivity contribution in [2.45, 2.75) is 209 Å². The molecule has 0 saturated carbocycles. The van der Waals surface area contributed by atoms with Crippen LogP contribution in [0.15, 0.2) is 72.8 Å². The van der Waals surface area contributed by atoms with Crippen LogP contribution < -0.4 is 0 Å². The maximum absolute atomic E-state index is 12.2. The van der Waals surface area contributed by atoms with Gasteiger partial charge in [-0.2, -0.15) is 0 Å². The predicted octanol–water partition coefficient (Wildman–Crippen LogP) is 22.9. The number of aldehydes is 1. The van der Waals surface area contributed by atoms with Crippen LogP contribution in [0.3, 0.4) is 0 Å². The van der Waals surface area contributed by atoms with Gasteiger partial charge in [-0.3, -0.25) is 4.79 Å². The zero-order valence-electron chi connectivity index (χ0n) is 44.8. The fourth-order valence-corrected chi connectivity index (χ4v) is 17.3. The van der Waals surface area contributed by atoms with Crippen LogP contribution in [0.5, 0.6) is 0 Å². The highest BCUT2D eigenvalue weighted by molar-refractivity contribution is 7.30. The molecule has 0 fully saturated rings. The van der Waals surface area contributed by atoms with Gasteiger partial charge in [0.15, 0.2) is 6.29 Å². The normalized spacial score (nSPS) is 11.9. The fraction of sp³-hybridized carbons (Fsp3) is 0.492. The molecule has 0 aliphatic rings. The molecule has 0 radical (unpaired) electrons. The van der Waals surface area contributed by atoms with Crippen molar-refractivity contribution in [2.24, 2.45) is 0 Å². The second-order valence-electron chi connectivity index (χ2n) is 20.5. The van der Waals surface area contributed by atoms with E-state index < -0.39 is 0 Å². The number of carbonyl (C=O) groups is 1. The van der Waals surface area contributed by atoms with Gasteiger partial charge in [0.1, 0.15) is 0 Å². The smallest absolute Gasteiger partial charge is 0.160 e. The summed E-state index contributed by atoms with van der Waals surface area (Å²) in [7, 11) is 0. The number of hydrogen-bond acceptors (Lipinski definition) is 6. The summed E-state index contributed by atoms with van der Waals surface area (Å²) in [5.41, 5.74) is 11.5. The van der Waals surface area contributed by atoms with E-state index in [1.165, 1.54) is 216 Å². The third kappa shape index (κ3) is 13.3. The number of benzene rings is 2. The Morgan fingerprint density at radius 3 is 1.17 bits per heavy atom. The lowest BCUT2D eigenvalue weighted by atomic mass is 10.0. The summed E-state index contributed by atoms with van der Waals surface area (Å²) in [5.74, 6) is 0. The van der Waals surface area contributed by atoms with Crippen LogP contribution in [-0.4, -0.2) is 10.9 Å². The first-order chi connectivity index (χ1) is 35.4. The first kappa shape index (κ1) is 54.7. The van der Waals surface area contributed by atoms with E-state index in [4.69, 9.17) is 0 Å². The second-order valence-corrected chi connectivity index (χ2v) is 25.8. The van der Waals surface area contributed by atoms with Crippen LogP contribution in [0.4, 0.5) is 0 Å². The van der Waals surface area contributed by atoms with Crippen LogP contribution in [0.1, 0.15) is 207 Å². The highest BCUT2D eigenvalue weighted by atomic mass is 32.1. The molecule has 0 aliphatic heterocycles. The molecular weight excluding hydrogens is 971 g/mol. The van der Waals surface area contributed by atoms with Crippen molar-refractivity contribution in [1.29, 1.82) is 0 Å². The lowest BCUT2D eigenvalue weighted by Gasteiger charge is -2.06. The number of para-hydroxylation sites is 1. The van der Waals surface area contributed by atoms with Crippen LogP contribution >= 0.6 is 56.7 Å². The SMILES string of the molecule is CCCCCCc1cc(-c2sc(-c3sc(-c4sc(-c5sc(C=O)cc5CCCCCC)cc4CCCCCC)cc3CCCCCC)cc2CCCCCC)sc1-c1ccc2c(c1)c1ccccc1n2CC. The summed E-state index contributed by atoms with van der Waals surface area (Å²) >= 11 is 9.95. The summed E-state index contributed by atoms with van der Waals surface area (Å²) < 4.78 is 2.48. The van der Waals surface area contributed by atoms with Gasteiger partial charge in [-0.1, -0.05) is 155 Å². The Kier molecular flexibility index (Phi) is 21.1. The van der Waals surface area contributed by atoms with Crippen LogP contribution in [-0.2, 0) is 38.6 Å². The van der Waals surface area contributed by atoms with Crippen LogP contribution in [0, 0.1) is 0 Å². The van der Waals surface area contributed by atoms with Gasteiger partial charge < -0.3 is 4.57 Å². The van der Waals surface area contributed by atoms with Crippen molar-refractivity contribution in [1.82, 2.24) is 4.57 Å². The maximum Gasteiger partial charge on any atom is 0.160 e. The number of fused-ring (bicyclic) bond motifs is 3. The predicted molar refractivity (Wildman–Crippen MR) is 326 cm³/mol. The van der Waals surface area contributed by atoms with E-state index in [9.17, 15) is 4.79 Å². The van der Waals surface area contributed by atoms with Crippen molar-refractivity contribution in [3.8, 4) is 49.5 Å². The van der Waals surface area contributed by atoms with Gasteiger partial charge in [0.05, 0.1) is 4.88 Å². The first-order valence-electron chi connectivity index (χ1n) is 28.5. The number of nitrogens with zero attached hydrogens (tertiary/aromatic N) is 1. The van der Waals surface area contributed by atoms with E-state index in [1.807, 2.05) is 11.3 Å². The number of thiophene rings is 5. The fourth-order valence-electron chi connectivity index (χ4n) is 10.9. The monoisotopic (exact) mass is 1050 g/mol. The first-order valence-corrected chi connectivity index (χ1v) is 32.6. The average molecular weight is 1050 g/mol. The third-order valence-corrected chi connectivity index (χ3v) is 21.5. The minimum Gasteiger partial charge on any atom is -0.341 e. The Labute approximate surface area is 454 Å². The van der Waals surface area contributed by atoms with Gasteiger partial charge in [-0.15, -0.1) is 56.7 Å². The van der Waals surface area contributed by atoms with Gasteiger partial charge in [-0.05, 0) is 153 Å². The van der Waals surface area contributed by atoms with Gasteiger partial charge in [0.25, 0.3) is 0 Å². The molecule has 6 aromatic heterocycles. The molecule has 6 heterocycles. The highest BCUT2D eigenvalue weighted by Gasteiger charge is 2.24. The highest BCUT2D eigenvalue weighted by Crippen LogP contribution is 2.52. The molecule has 0 atom stereocenters. The lowest BCUT2D eigenvalue weighted by Crippen LogP contribution is -1.92. The molecule has 72 heavy (non-hydrogen) atoms. The van der Waals surface area contributed by atoms with Crippen molar-refractivity contribution in [3.63, 3.8) is 0 Å². The maximum atomic E-state index is 12.2. The van der Waals surface area contributed by atoms with Gasteiger partial charge in [0, 0.05) is 72.2 Å². The molecule has 0 bridgehead atoms. The Morgan fingerprint density at radius 1 is 0.375 bits per heavy atom. The molecule has 8 rings (SSSR count). The third-order valence-electron chi connectivity index (χ3n) is 14.9. The number of unbranched alkanes of at least 4 members (excludes halogenated alkanes) is 15. The van der Waals surface area contributed by atoms with Crippen molar-refractivity contribution in [3.05, 3.63) is 105 Å². The Balaban J connectivity index is 1.23. The zero-order valence-corrected chi connectivity index (χ0v) is 48.9. The van der Waals surface area contributed by atoms with Gasteiger partial charge in [-0.25, -0.2) is 0 Å². The lowest BCUT2D eigenvalue weighted by molar-refractivity contribution is 0.112. The van der Waals surface area contributed by atoms with Crippen LogP contribution in [0.2, 0.25) is 0 Å². The largest absolute Gasteiger partial charge is 0.341 e. The molecule has 2 nitrogen and oxygen atoms in total. The van der Waals surface area contributed by atoms with E-state index in [2.05, 4.69) is 153 Å². The zero-order chi connectivity index (χ0) is 50.2. The number of aromatic nitrogens is 1. The second kappa shape index (κ2) is 27.8. The van der Waals surface area contributed by atoms with Crippen molar-refractivity contribution < 1.29 is 4.79 Å². The summed E-state index contributed by atoms with van der Waals surface area (Å²) in [6.07, 6.45) is 31.9. The Morgan fingerprint density at radius 2 is 0.750 bits per heavy atom. The summed E-state index contributed by atoms with van der Waals surface area (Å²) in [5, 5.41) is 2.73. The van der Waals surface area contributed by atoms with E-state index in [1.54, 1.807) is 22.5 Å². The number of carbonyl (C=O) groups excluding carboxylic acids is 1. The molecule has 0 spiro atoms.